The van der Waals surface area contributed by atoms with Gasteiger partial charge in [-0.15, -0.1) is 0 Å². The second-order valence-corrected chi connectivity index (χ2v) is 6.75. The van der Waals surface area contributed by atoms with Gasteiger partial charge in [0.05, 0.1) is 12.0 Å². The molecule has 2 saturated heterocycles. The molecule has 2 aromatic heterocycles. The predicted octanol–water partition coefficient (Wildman–Crippen LogP) is 1.80. The summed E-state index contributed by atoms with van der Waals surface area (Å²) in [4.78, 5) is 8.37. The van der Waals surface area contributed by atoms with Crippen LogP contribution in [0.15, 0.2) is 12.5 Å². The molecule has 0 aromatic carbocycles. The largest absolute Gasteiger partial charge is 0.394 e. The first-order chi connectivity index (χ1) is 10.9. The molecule has 124 valence electrons. The van der Waals surface area contributed by atoms with E-state index in [-0.39, 0.29) is 18.8 Å². The fourth-order valence-corrected chi connectivity index (χ4v) is 3.73. The Morgan fingerprint density at radius 3 is 2.78 bits per heavy atom. The Kier molecular flexibility index (Phi) is 3.40. The summed E-state index contributed by atoms with van der Waals surface area (Å²) in [6.07, 6.45) is 1.80. The van der Waals surface area contributed by atoms with Crippen LogP contribution in [0.3, 0.4) is 0 Å². The molecule has 4 atom stereocenters. The van der Waals surface area contributed by atoms with E-state index >= 15 is 0 Å². The fraction of sp³-hybridized carbons (Fsp3) is 0.600. The van der Waals surface area contributed by atoms with E-state index in [9.17, 15) is 5.11 Å². The van der Waals surface area contributed by atoms with Crippen LogP contribution in [0.5, 0.6) is 0 Å². The SMILES string of the molecule is Cc1cn([C@@H]2O[C@H](CO)[C@H]3OC(C)(C)O[C@H]32)c2ncnc(Cl)c12. The van der Waals surface area contributed by atoms with Gasteiger partial charge in [-0.1, -0.05) is 11.6 Å². The highest BCUT2D eigenvalue weighted by Gasteiger charge is 2.55. The van der Waals surface area contributed by atoms with E-state index in [0.717, 1.165) is 10.9 Å². The minimum Gasteiger partial charge on any atom is -0.394 e. The lowest BCUT2D eigenvalue weighted by Crippen LogP contribution is -2.31. The van der Waals surface area contributed by atoms with E-state index in [2.05, 4.69) is 9.97 Å². The summed E-state index contributed by atoms with van der Waals surface area (Å²) in [5.74, 6) is -0.713. The molecule has 7 nitrogen and oxygen atoms in total. The van der Waals surface area contributed by atoms with Crippen molar-refractivity contribution in [3.05, 3.63) is 23.2 Å². The van der Waals surface area contributed by atoms with E-state index in [1.54, 1.807) is 0 Å². The van der Waals surface area contributed by atoms with Crippen LogP contribution in [0.4, 0.5) is 0 Å². The molecule has 0 aliphatic carbocycles. The predicted molar refractivity (Wildman–Crippen MR) is 82.1 cm³/mol. The number of aliphatic hydroxyl groups is 1. The summed E-state index contributed by atoms with van der Waals surface area (Å²) in [7, 11) is 0. The molecular weight excluding hydrogens is 322 g/mol. The molecule has 0 spiro atoms. The van der Waals surface area contributed by atoms with E-state index in [0.29, 0.717) is 10.8 Å². The van der Waals surface area contributed by atoms with Crippen LogP contribution in [-0.2, 0) is 14.2 Å². The number of hydrogen-bond acceptors (Lipinski definition) is 6. The van der Waals surface area contributed by atoms with Gasteiger partial charge in [-0.05, 0) is 26.3 Å². The number of rotatable bonds is 2. The van der Waals surface area contributed by atoms with Crippen molar-refractivity contribution in [3.63, 3.8) is 0 Å². The van der Waals surface area contributed by atoms with Gasteiger partial charge in [-0.2, -0.15) is 0 Å². The van der Waals surface area contributed by atoms with Gasteiger partial charge in [0.15, 0.2) is 12.0 Å². The maximum atomic E-state index is 9.59. The Morgan fingerprint density at radius 2 is 2.04 bits per heavy atom. The highest BCUT2D eigenvalue weighted by Crippen LogP contribution is 2.44. The second-order valence-electron chi connectivity index (χ2n) is 6.39. The lowest BCUT2D eigenvalue weighted by molar-refractivity contribution is -0.199. The Bertz CT molecular complexity index is 763. The molecule has 2 fully saturated rings. The first-order valence-electron chi connectivity index (χ1n) is 7.51. The first-order valence-corrected chi connectivity index (χ1v) is 7.88. The Morgan fingerprint density at radius 1 is 1.30 bits per heavy atom. The summed E-state index contributed by atoms with van der Waals surface area (Å²) < 4.78 is 19.8. The summed E-state index contributed by atoms with van der Waals surface area (Å²) >= 11 is 6.19. The number of aromatic nitrogens is 3. The normalized spacial score (nSPS) is 32.6. The summed E-state index contributed by atoms with van der Waals surface area (Å²) in [5, 5.41) is 10.8. The number of halogens is 1. The van der Waals surface area contributed by atoms with Crippen LogP contribution in [-0.4, -0.2) is 50.3 Å². The first kappa shape index (κ1) is 15.3. The third kappa shape index (κ3) is 2.27. The maximum absolute atomic E-state index is 9.59. The monoisotopic (exact) mass is 339 g/mol. The molecule has 2 aliphatic rings. The minimum absolute atomic E-state index is 0.134. The molecule has 23 heavy (non-hydrogen) atoms. The maximum Gasteiger partial charge on any atom is 0.164 e. The zero-order chi connectivity index (χ0) is 16.4. The van der Waals surface area contributed by atoms with Crippen LogP contribution in [0.25, 0.3) is 11.0 Å². The second kappa shape index (κ2) is 5.12. The van der Waals surface area contributed by atoms with E-state index in [4.69, 9.17) is 25.8 Å². The fourth-order valence-electron chi connectivity index (χ4n) is 3.45. The summed E-state index contributed by atoms with van der Waals surface area (Å²) in [5.41, 5.74) is 1.63. The molecule has 0 bridgehead atoms. The van der Waals surface area contributed by atoms with Gasteiger partial charge in [0.25, 0.3) is 0 Å². The van der Waals surface area contributed by atoms with Crippen LogP contribution >= 0.6 is 11.6 Å². The standard InChI is InChI=1S/C15H18ClN3O4/c1-7-4-19(13-9(7)12(16)17-6-18-13)14-11-10(8(5-20)21-14)22-15(2,3)23-11/h4,6,8,10-11,14,20H,5H2,1-3H3/t8-,10-,11-,14-/m1/s1. The Balaban J connectivity index is 1.81. The molecule has 0 saturated carbocycles. The molecule has 0 unspecified atom stereocenters. The number of nitrogens with zero attached hydrogens (tertiary/aromatic N) is 3. The van der Waals surface area contributed by atoms with Crippen molar-refractivity contribution in [2.24, 2.45) is 0 Å². The highest BCUT2D eigenvalue weighted by atomic mass is 35.5. The number of ether oxygens (including phenoxy) is 3. The average Bonchev–Trinajstić information content (AvgIpc) is 3.08. The third-order valence-corrected chi connectivity index (χ3v) is 4.62. The van der Waals surface area contributed by atoms with Crippen LogP contribution in [0.2, 0.25) is 5.15 Å². The number of aryl methyl sites for hydroxylation is 1. The highest BCUT2D eigenvalue weighted by molar-refractivity contribution is 6.34. The van der Waals surface area contributed by atoms with Gasteiger partial charge >= 0.3 is 0 Å². The summed E-state index contributed by atoms with van der Waals surface area (Å²) in [6, 6.07) is 0. The molecule has 8 heteroatoms. The number of aliphatic hydroxyl groups excluding tert-OH is 1. The zero-order valence-electron chi connectivity index (χ0n) is 13.1. The zero-order valence-corrected chi connectivity index (χ0v) is 13.8. The van der Waals surface area contributed by atoms with Gasteiger partial charge in [0, 0.05) is 6.20 Å². The summed E-state index contributed by atoms with van der Waals surface area (Å²) in [6.45, 7) is 5.52. The van der Waals surface area contributed by atoms with Crippen LogP contribution < -0.4 is 0 Å². The van der Waals surface area contributed by atoms with Gasteiger partial charge < -0.3 is 23.9 Å². The topological polar surface area (TPSA) is 78.6 Å². The lowest BCUT2D eigenvalue weighted by Gasteiger charge is -2.24. The van der Waals surface area contributed by atoms with Crippen molar-refractivity contribution < 1.29 is 19.3 Å². The quantitative estimate of drug-likeness (QED) is 0.841. The molecule has 1 N–H and O–H groups in total. The number of fused-ring (bicyclic) bond motifs is 2. The molecule has 4 rings (SSSR count). The van der Waals surface area contributed by atoms with Crippen LogP contribution in [0.1, 0.15) is 25.6 Å². The van der Waals surface area contributed by atoms with Crippen molar-refractivity contribution >= 4 is 22.6 Å². The van der Waals surface area contributed by atoms with Gasteiger partial charge in [-0.25, -0.2) is 9.97 Å². The minimum atomic E-state index is -0.713. The molecule has 2 aromatic rings. The molecule has 0 amide bonds. The molecule has 0 radical (unpaired) electrons. The van der Waals surface area contributed by atoms with Crippen LogP contribution in [0, 0.1) is 6.92 Å². The van der Waals surface area contributed by atoms with Gasteiger partial charge in [0.2, 0.25) is 0 Å². The molecule has 2 aliphatic heterocycles. The molecular formula is C15H18ClN3O4. The van der Waals surface area contributed by atoms with Crippen molar-refractivity contribution in [1.29, 1.82) is 0 Å². The molecule has 4 heterocycles. The van der Waals surface area contributed by atoms with Crippen molar-refractivity contribution in [1.82, 2.24) is 14.5 Å². The van der Waals surface area contributed by atoms with Crippen molar-refractivity contribution in [3.8, 4) is 0 Å². The van der Waals surface area contributed by atoms with Crippen molar-refractivity contribution in [2.45, 2.75) is 51.1 Å². The average molecular weight is 340 g/mol. The van der Waals surface area contributed by atoms with Gasteiger partial charge in [0.1, 0.15) is 35.4 Å². The third-order valence-electron chi connectivity index (χ3n) is 4.33. The van der Waals surface area contributed by atoms with Crippen molar-refractivity contribution in [2.75, 3.05) is 6.61 Å². The van der Waals surface area contributed by atoms with E-state index in [1.807, 2.05) is 31.5 Å². The Labute approximate surface area is 138 Å². The van der Waals surface area contributed by atoms with Gasteiger partial charge in [-0.3, -0.25) is 0 Å². The Hall–Kier alpha value is -1.25. The van der Waals surface area contributed by atoms with E-state index in [1.165, 1.54) is 6.33 Å². The lowest BCUT2D eigenvalue weighted by atomic mass is 10.1. The smallest absolute Gasteiger partial charge is 0.164 e. The van der Waals surface area contributed by atoms with E-state index < -0.39 is 18.1 Å². The number of hydrogen-bond donors (Lipinski definition) is 1.